The van der Waals surface area contributed by atoms with Crippen molar-refractivity contribution in [2.45, 2.75) is 24.6 Å². The molecule has 26 heavy (non-hydrogen) atoms. The molecule has 0 unspecified atom stereocenters. The minimum atomic E-state index is -0.365. The number of fused-ring (bicyclic) bond motifs is 1. The van der Waals surface area contributed by atoms with Crippen molar-refractivity contribution in [3.05, 3.63) is 71.8 Å². The van der Waals surface area contributed by atoms with Crippen LogP contribution in [0.15, 0.2) is 44.6 Å². The van der Waals surface area contributed by atoms with Gasteiger partial charge in [0.2, 0.25) is 5.43 Å². The third-order valence-corrected chi connectivity index (χ3v) is 6.34. The summed E-state index contributed by atoms with van der Waals surface area (Å²) in [5.41, 5.74) is 2.36. The highest BCUT2D eigenvalue weighted by Crippen LogP contribution is 2.32. The summed E-state index contributed by atoms with van der Waals surface area (Å²) >= 11 is 17.3. The van der Waals surface area contributed by atoms with Crippen LogP contribution >= 0.6 is 50.9 Å². The zero-order valence-electron chi connectivity index (χ0n) is 14.0. The molecule has 0 saturated carbocycles. The van der Waals surface area contributed by atoms with Crippen LogP contribution in [0.25, 0.3) is 10.9 Å². The molecule has 0 radical (unpaired) electrons. The smallest absolute Gasteiger partial charge is 0.202 e. The first-order valence-corrected chi connectivity index (χ1v) is 10.3. The number of aromatic nitrogens is 1. The highest BCUT2D eigenvalue weighted by atomic mass is 79.9. The number of nitrogens with one attached hydrogen (secondary N) is 1. The lowest BCUT2D eigenvalue weighted by atomic mass is 10.1. The van der Waals surface area contributed by atoms with E-state index in [9.17, 15) is 9.59 Å². The van der Waals surface area contributed by atoms with E-state index in [2.05, 4.69) is 20.9 Å². The number of hydrogen-bond donors (Lipinski definition) is 1. The molecule has 0 fully saturated rings. The normalized spacial score (nSPS) is 11.1. The molecule has 1 aromatic heterocycles. The zero-order chi connectivity index (χ0) is 19.0. The molecule has 1 N–H and O–H groups in total. The Kier molecular flexibility index (Phi) is 5.82. The van der Waals surface area contributed by atoms with Gasteiger partial charge in [0, 0.05) is 15.2 Å². The SMILES string of the molecule is CC(=O)c1c(SCc2cc(C)ccc2Cl)[nH]c2c(Br)ccc(Cl)c2c1=O. The second kappa shape index (κ2) is 7.77. The molecule has 2 aromatic carbocycles. The summed E-state index contributed by atoms with van der Waals surface area (Å²) in [7, 11) is 0. The van der Waals surface area contributed by atoms with Crippen LogP contribution < -0.4 is 5.43 Å². The molecule has 3 nitrogen and oxygen atoms in total. The predicted octanol–water partition coefficient (Wildman–Crippen LogP) is 6.40. The van der Waals surface area contributed by atoms with Crippen molar-refractivity contribution >= 4 is 67.6 Å². The number of pyridine rings is 1. The molecule has 0 saturated heterocycles. The first kappa shape index (κ1) is 19.5. The van der Waals surface area contributed by atoms with Crippen molar-refractivity contribution in [2.24, 2.45) is 0 Å². The molecule has 3 rings (SSSR count). The van der Waals surface area contributed by atoms with Crippen LogP contribution in [0.5, 0.6) is 0 Å². The molecule has 0 amide bonds. The Labute approximate surface area is 173 Å². The van der Waals surface area contributed by atoms with Gasteiger partial charge in [-0.2, -0.15) is 0 Å². The Bertz CT molecular complexity index is 1100. The number of benzene rings is 2. The minimum absolute atomic E-state index is 0.117. The van der Waals surface area contributed by atoms with E-state index in [1.54, 1.807) is 12.1 Å². The molecule has 1 heterocycles. The van der Waals surface area contributed by atoms with Gasteiger partial charge in [0.25, 0.3) is 0 Å². The summed E-state index contributed by atoms with van der Waals surface area (Å²) in [5, 5.41) is 1.78. The lowest BCUT2D eigenvalue weighted by Gasteiger charge is -2.12. The van der Waals surface area contributed by atoms with E-state index in [0.29, 0.717) is 36.2 Å². The maximum Gasteiger partial charge on any atom is 0.202 e. The van der Waals surface area contributed by atoms with Gasteiger partial charge in [-0.05, 0) is 53.5 Å². The van der Waals surface area contributed by atoms with E-state index >= 15 is 0 Å². The lowest BCUT2D eigenvalue weighted by molar-refractivity contribution is 0.101. The number of aryl methyl sites for hydroxylation is 1. The number of rotatable bonds is 4. The van der Waals surface area contributed by atoms with Gasteiger partial charge in [0.15, 0.2) is 5.78 Å². The molecule has 0 spiro atoms. The number of carbonyl (C=O) groups excluding carboxylic acids is 1. The molecule has 7 heteroatoms. The fourth-order valence-corrected chi connectivity index (χ4v) is 4.72. The molecule has 0 bridgehead atoms. The monoisotopic (exact) mass is 469 g/mol. The Morgan fingerprint density at radius 1 is 1.19 bits per heavy atom. The summed E-state index contributed by atoms with van der Waals surface area (Å²) in [4.78, 5) is 28.3. The summed E-state index contributed by atoms with van der Waals surface area (Å²) in [6.07, 6.45) is 0. The fourth-order valence-electron chi connectivity index (χ4n) is 2.69. The summed E-state index contributed by atoms with van der Waals surface area (Å²) in [6.45, 7) is 3.37. The largest absolute Gasteiger partial charge is 0.348 e. The Morgan fingerprint density at radius 3 is 2.58 bits per heavy atom. The van der Waals surface area contributed by atoms with E-state index in [4.69, 9.17) is 23.2 Å². The van der Waals surface area contributed by atoms with Gasteiger partial charge in [0.1, 0.15) is 0 Å². The van der Waals surface area contributed by atoms with Crippen LogP contribution in [0, 0.1) is 6.92 Å². The second-order valence-corrected chi connectivity index (χ2v) is 8.53. The van der Waals surface area contributed by atoms with Gasteiger partial charge >= 0.3 is 0 Å². The Hall–Kier alpha value is -1.27. The third-order valence-electron chi connectivity index (χ3n) is 3.95. The number of thioether (sulfide) groups is 1. The van der Waals surface area contributed by atoms with Gasteiger partial charge < -0.3 is 4.98 Å². The number of ketones is 1. The predicted molar refractivity (Wildman–Crippen MR) is 113 cm³/mol. The first-order valence-electron chi connectivity index (χ1n) is 7.72. The lowest BCUT2D eigenvalue weighted by Crippen LogP contribution is -2.17. The average Bonchev–Trinajstić information content (AvgIpc) is 2.58. The summed E-state index contributed by atoms with van der Waals surface area (Å²) in [5.74, 6) is 0.225. The van der Waals surface area contributed by atoms with Crippen molar-refractivity contribution in [1.29, 1.82) is 0 Å². The number of carbonyl (C=O) groups is 1. The van der Waals surface area contributed by atoms with Gasteiger partial charge in [-0.3, -0.25) is 9.59 Å². The van der Waals surface area contributed by atoms with E-state index in [0.717, 1.165) is 11.1 Å². The van der Waals surface area contributed by atoms with E-state index in [1.165, 1.54) is 18.7 Å². The van der Waals surface area contributed by atoms with Gasteiger partial charge in [-0.25, -0.2) is 0 Å². The highest BCUT2D eigenvalue weighted by Gasteiger charge is 2.19. The van der Waals surface area contributed by atoms with Crippen molar-refractivity contribution < 1.29 is 4.79 Å². The molecule has 0 atom stereocenters. The quantitative estimate of drug-likeness (QED) is 0.354. The number of hydrogen-bond acceptors (Lipinski definition) is 3. The number of H-pyrrole nitrogens is 1. The number of halogens is 3. The van der Waals surface area contributed by atoms with Crippen LogP contribution in [0.3, 0.4) is 0 Å². The van der Waals surface area contributed by atoms with Crippen LogP contribution in [0.4, 0.5) is 0 Å². The topological polar surface area (TPSA) is 49.9 Å². The minimum Gasteiger partial charge on any atom is -0.348 e. The van der Waals surface area contributed by atoms with Crippen LogP contribution in [-0.2, 0) is 5.75 Å². The van der Waals surface area contributed by atoms with Crippen molar-refractivity contribution in [1.82, 2.24) is 4.98 Å². The third kappa shape index (κ3) is 3.72. The van der Waals surface area contributed by atoms with Gasteiger partial charge in [0.05, 0.1) is 26.5 Å². The van der Waals surface area contributed by atoms with E-state index in [-0.39, 0.29) is 16.8 Å². The maximum absolute atomic E-state index is 12.9. The van der Waals surface area contributed by atoms with Crippen LogP contribution in [-0.4, -0.2) is 10.8 Å². The maximum atomic E-state index is 12.9. The summed E-state index contributed by atoms with van der Waals surface area (Å²) < 4.78 is 0.708. The molecular formula is C19H14BrCl2NO2S. The molecule has 0 aliphatic rings. The Morgan fingerprint density at radius 2 is 1.88 bits per heavy atom. The van der Waals surface area contributed by atoms with Crippen LogP contribution in [0.1, 0.15) is 28.4 Å². The molecule has 0 aliphatic heterocycles. The highest BCUT2D eigenvalue weighted by molar-refractivity contribution is 9.10. The second-order valence-electron chi connectivity index (χ2n) is 5.88. The molecular weight excluding hydrogens is 457 g/mol. The van der Waals surface area contributed by atoms with Gasteiger partial charge in [-0.1, -0.05) is 40.9 Å². The summed E-state index contributed by atoms with van der Waals surface area (Å²) in [6, 6.07) is 9.17. The zero-order valence-corrected chi connectivity index (χ0v) is 17.9. The fraction of sp³-hybridized carbons (Fsp3) is 0.158. The van der Waals surface area contributed by atoms with E-state index in [1.807, 2.05) is 25.1 Å². The van der Waals surface area contributed by atoms with Crippen molar-refractivity contribution in [3.8, 4) is 0 Å². The Balaban J connectivity index is 2.14. The average molecular weight is 471 g/mol. The standard InChI is InChI=1S/C19H14BrCl2NO2S/c1-9-3-5-13(21)11(7-9)8-26-19-15(10(2)24)18(25)16-14(22)6-4-12(20)17(16)23-19/h3-7H,8H2,1-2H3,(H,23,25). The molecule has 134 valence electrons. The van der Waals surface area contributed by atoms with E-state index < -0.39 is 0 Å². The van der Waals surface area contributed by atoms with Crippen molar-refractivity contribution in [2.75, 3.05) is 0 Å². The number of Topliss-reactive ketones (excluding diaryl/α,β-unsaturated/α-hetero) is 1. The molecule has 0 aliphatic carbocycles. The first-order chi connectivity index (χ1) is 12.3. The van der Waals surface area contributed by atoms with Crippen LogP contribution in [0.2, 0.25) is 10.0 Å². The van der Waals surface area contributed by atoms with Crippen molar-refractivity contribution in [3.63, 3.8) is 0 Å². The number of aromatic amines is 1. The van der Waals surface area contributed by atoms with Gasteiger partial charge in [-0.15, -0.1) is 11.8 Å². The molecule has 3 aromatic rings.